The maximum atomic E-state index is 12.9. The van der Waals surface area contributed by atoms with Crippen molar-refractivity contribution in [3.05, 3.63) is 60.4 Å². The number of nitrogens with one attached hydrogen (secondary N) is 1. The third-order valence-corrected chi connectivity index (χ3v) is 5.59. The van der Waals surface area contributed by atoms with Crippen LogP contribution >= 0.6 is 11.8 Å². The van der Waals surface area contributed by atoms with Crippen molar-refractivity contribution in [3.63, 3.8) is 0 Å². The highest BCUT2D eigenvalue weighted by atomic mass is 32.2. The number of para-hydroxylation sites is 1. The molecule has 0 atom stereocenters. The van der Waals surface area contributed by atoms with Crippen LogP contribution in [0.3, 0.4) is 0 Å². The van der Waals surface area contributed by atoms with Crippen molar-refractivity contribution >= 4 is 21.8 Å². The van der Waals surface area contributed by atoms with Gasteiger partial charge in [-0.2, -0.15) is 4.68 Å². The van der Waals surface area contributed by atoms with Crippen LogP contribution in [-0.2, 0) is 10.0 Å². The Hall–Kier alpha value is -2.30. The molecule has 0 aliphatic heterocycles. The number of benzene rings is 2. The van der Waals surface area contributed by atoms with E-state index in [9.17, 15) is 12.8 Å². The first kappa shape index (κ1) is 17.5. The summed E-state index contributed by atoms with van der Waals surface area (Å²) in [7, 11) is -3.67. The van der Waals surface area contributed by atoms with Gasteiger partial charge < -0.3 is 0 Å². The van der Waals surface area contributed by atoms with Gasteiger partial charge in [0.2, 0.25) is 15.2 Å². The van der Waals surface area contributed by atoms with Gasteiger partial charge in [-0.25, -0.2) is 17.5 Å². The second-order valence-electron chi connectivity index (χ2n) is 4.91. The molecule has 0 aliphatic rings. The SMILES string of the molecule is O=S(=O)(NCCSc1nnnn1-c1ccccc1)c1ccc(F)cc1. The largest absolute Gasteiger partial charge is 0.240 e. The van der Waals surface area contributed by atoms with Crippen LogP contribution in [0.4, 0.5) is 4.39 Å². The Labute approximate surface area is 148 Å². The molecule has 1 heterocycles. The van der Waals surface area contributed by atoms with Crippen LogP contribution in [0.1, 0.15) is 0 Å². The normalized spacial score (nSPS) is 11.6. The van der Waals surface area contributed by atoms with Gasteiger partial charge in [-0.1, -0.05) is 30.0 Å². The summed E-state index contributed by atoms with van der Waals surface area (Å²) >= 11 is 1.33. The number of rotatable bonds is 7. The second-order valence-corrected chi connectivity index (χ2v) is 7.74. The van der Waals surface area contributed by atoms with E-state index in [4.69, 9.17) is 0 Å². The lowest BCUT2D eigenvalue weighted by atomic mass is 10.3. The van der Waals surface area contributed by atoms with Gasteiger partial charge >= 0.3 is 0 Å². The second kappa shape index (κ2) is 7.72. The zero-order valence-electron chi connectivity index (χ0n) is 12.9. The number of thioether (sulfide) groups is 1. The molecule has 25 heavy (non-hydrogen) atoms. The summed E-state index contributed by atoms with van der Waals surface area (Å²) in [5.74, 6) is -0.0459. The molecule has 3 rings (SSSR count). The predicted octanol–water partition coefficient (Wildman–Crippen LogP) is 1.87. The molecule has 2 aromatic carbocycles. The Kier molecular flexibility index (Phi) is 5.41. The Balaban J connectivity index is 1.58. The van der Waals surface area contributed by atoms with Gasteiger partial charge in [0.15, 0.2) is 0 Å². The van der Waals surface area contributed by atoms with Crippen LogP contribution in [-0.4, -0.2) is 40.9 Å². The average Bonchev–Trinajstić information content (AvgIpc) is 3.08. The van der Waals surface area contributed by atoms with Crippen molar-refractivity contribution in [2.24, 2.45) is 0 Å². The lowest BCUT2D eigenvalue weighted by Crippen LogP contribution is -2.26. The lowest BCUT2D eigenvalue weighted by Gasteiger charge is -2.07. The van der Waals surface area contributed by atoms with E-state index in [1.165, 1.54) is 23.9 Å². The van der Waals surface area contributed by atoms with E-state index in [0.717, 1.165) is 17.8 Å². The van der Waals surface area contributed by atoms with E-state index in [0.29, 0.717) is 10.9 Å². The molecule has 7 nitrogen and oxygen atoms in total. The molecule has 0 bridgehead atoms. The summed E-state index contributed by atoms with van der Waals surface area (Å²) in [6, 6.07) is 14.1. The van der Waals surface area contributed by atoms with Crippen molar-refractivity contribution in [2.75, 3.05) is 12.3 Å². The molecule has 0 saturated carbocycles. The fourth-order valence-corrected chi connectivity index (χ4v) is 3.92. The number of tetrazole rings is 1. The average molecular weight is 379 g/mol. The maximum absolute atomic E-state index is 12.9. The topological polar surface area (TPSA) is 89.8 Å². The summed E-state index contributed by atoms with van der Waals surface area (Å²) in [5.41, 5.74) is 0.821. The molecule has 0 saturated heterocycles. The van der Waals surface area contributed by atoms with Crippen LogP contribution in [0.5, 0.6) is 0 Å². The molecule has 0 radical (unpaired) electrons. The van der Waals surface area contributed by atoms with Crippen LogP contribution in [0.25, 0.3) is 5.69 Å². The number of sulfonamides is 1. The Morgan fingerprint density at radius 3 is 2.52 bits per heavy atom. The van der Waals surface area contributed by atoms with E-state index < -0.39 is 15.8 Å². The van der Waals surface area contributed by atoms with Gasteiger partial charge in [-0.15, -0.1) is 5.10 Å². The molecule has 130 valence electrons. The Bertz CT molecular complexity index is 930. The van der Waals surface area contributed by atoms with E-state index in [1.54, 1.807) is 4.68 Å². The van der Waals surface area contributed by atoms with Gasteiger partial charge in [0.05, 0.1) is 10.6 Å². The van der Waals surface area contributed by atoms with E-state index in [1.807, 2.05) is 30.3 Å². The van der Waals surface area contributed by atoms with Crippen molar-refractivity contribution < 1.29 is 12.8 Å². The van der Waals surface area contributed by atoms with E-state index in [-0.39, 0.29) is 11.4 Å². The number of aromatic nitrogens is 4. The zero-order valence-corrected chi connectivity index (χ0v) is 14.5. The standard InChI is InChI=1S/C15H14FN5O2S2/c16-12-6-8-14(9-7-12)25(22,23)17-10-11-24-15-18-19-20-21(15)13-4-2-1-3-5-13/h1-9,17H,10-11H2. The summed E-state index contributed by atoms with van der Waals surface area (Å²) in [5, 5.41) is 12.1. The summed E-state index contributed by atoms with van der Waals surface area (Å²) in [4.78, 5) is 0.0213. The monoisotopic (exact) mass is 379 g/mol. The van der Waals surface area contributed by atoms with Crippen LogP contribution in [0.2, 0.25) is 0 Å². The van der Waals surface area contributed by atoms with Gasteiger partial charge in [0, 0.05) is 12.3 Å². The molecule has 0 aliphatic carbocycles. The summed E-state index contributed by atoms with van der Waals surface area (Å²) in [6.45, 7) is 0.187. The fourth-order valence-electron chi connectivity index (χ4n) is 2.02. The van der Waals surface area contributed by atoms with Crippen LogP contribution < -0.4 is 4.72 Å². The first-order chi connectivity index (χ1) is 12.1. The minimum atomic E-state index is -3.67. The van der Waals surface area contributed by atoms with Gasteiger partial charge in [0.25, 0.3) is 0 Å². The molecule has 0 amide bonds. The number of nitrogens with zero attached hydrogens (tertiary/aromatic N) is 4. The van der Waals surface area contributed by atoms with Crippen molar-refractivity contribution in [1.82, 2.24) is 24.9 Å². The van der Waals surface area contributed by atoms with Crippen molar-refractivity contribution in [3.8, 4) is 5.69 Å². The van der Waals surface area contributed by atoms with Crippen molar-refractivity contribution in [1.29, 1.82) is 0 Å². The Morgan fingerprint density at radius 2 is 1.80 bits per heavy atom. The first-order valence-electron chi connectivity index (χ1n) is 7.28. The lowest BCUT2D eigenvalue weighted by molar-refractivity contribution is 0.583. The maximum Gasteiger partial charge on any atom is 0.240 e. The highest BCUT2D eigenvalue weighted by Crippen LogP contribution is 2.17. The van der Waals surface area contributed by atoms with Gasteiger partial charge in [-0.05, 0) is 46.8 Å². The predicted molar refractivity (Wildman–Crippen MR) is 91.5 cm³/mol. The molecule has 0 fully saturated rings. The van der Waals surface area contributed by atoms with Gasteiger partial charge in [-0.3, -0.25) is 0 Å². The molecule has 1 N–H and O–H groups in total. The zero-order chi connectivity index (χ0) is 17.7. The summed E-state index contributed by atoms with van der Waals surface area (Å²) < 4.78 is 41.1. The smallest absolute Gasteiger partial charge is 0.210 e. The fraction of sp³-hybridized carbons (Fsp3) is 0.133. The Morgan fingerprint density at radius 1 is 1.08 bits per heavy atom. The minimum Gasteiger partial charge on any atom is -0.210 e. The highest BCUT2D eigenvalue weighted by Gasteiger charge is 2.14. The summed E-state index contributed by atoms with van der Waals surface area (Å²) in [6.07, 6.45) is 0. The quantitative estimate of drug-likeness (QED) is 0.498. The third-order valence-electron chi connectivity index (χ3n) is 3.19. The van der Waals surface area contributed by atoms with E-state index in [2.05, 4.69) is 20.2 Å². The van der Waals surface area contributed by atoms with Gasteiger partial charge in [0.1, 0.15) is 5.82 Å². The molecule has 0 unspecified atom stereocenters. The third kappa shape index (κ3) is 4.41. The molecule has 3 aromatic rings. The first-order valence-corrected chi connectivity index (χ1v) is 9.75. The molecular formula is C15H14FN5O2S2. The molecule has 10 heteroatoms. The van der Waals surface area contributed by atoms with Crippen LogP contribution in [0, 0.1) is 5.82 Å². The van der Waals surface area contributed by atoms with Crippen molar-refractivity contribution in [2.45, 2.75) is 10.1 Å². The minimum absolute atomic E-state index is 0.0213. The van der Waals surface area contributed by atoms with Crippen LogP contribution in [0.15, 0.2) is 64.6 Å². The molecule has 1 aromatic heterocycles. The number of hydrogen-bond donors (Lipinski definition) is 1. The highest BCUT2D eigenvalue weighted by molar-refractivity contribution is 7.99. The van der Waals surface area contributed by atoms with E-state index >= 15 is 0 Å². The number of hydrogen-bond acceptors (Lipinski definition) is 6. The molecule has 0 spiro atoms. The number of halogens is 1. The molecular weight excluding hydrogens is 365 g/mol.